The van der Waals surface area contributed by atoms with Crippen molar-refractivity contribution in [2.45, 2.75) is 6.92 Å². The Hall–Kier alpha value is -2.93. The van der Waals surface area contributed by atoms with Crippen molar-refractivity contribution in [2.24, 2.45) is 0 Å². The molecule has 0 aliphatic heterocycles. The van der Waals surface area contributed by atoms with Gasteiger partial charge < -0.3 is 10.1 Å². The van der Waals surface area contributed by atoms with Crippen molar-refractivity contribution in [3.8, 4) is 0 Å². The van der Waals surface area contributed by atoms with Crippen LogP contribution in [-0.4, -0.2) is 23.4 Å². The Labute approximate surface area is 142 Å². The molecule has 0 aliphatic carbocycles. The second kappa shape index (κ2) is 7.56. The summed E-state index contributed by atoms with van der Waals surface area (Å²) < 4.78 is 4.86. The monoisotopic (exact) mass is 348 g/mol. The number of benzene rings is 2. The number of nitro benzene ring substituents is 1. The van der Waals surface area contributed by atoms with E-state index >= 15 is 0 Å². The Bertz CT molecular complexity index is 807. The minimum atomic E-state index is -0.818. The Kier molecular flexibility index (Phi) is 5.49. The van der Waals surface area contributed by atoms with Crippen LogP contribution >= 0.6 is 11.6 Å². The summed E-state index contributed by atoms with van der Waals surface area (Å²) in [5.41, 5.74) is 1.09. The van der Waals surface area contributed by atoms with Crippen LogP contribution in [0.2, 0.25) is 5.02 Å². The molecular formula is C16H13ClN2O5. The zero-order valence-electron chi connectivity index (χ0n) is 12.6. The number of ether oxygens (including phenoxy) is 1. The van der Waals surface area contributed by atoms with Crippen LogP contribution in [0, 0.1) is 17.0 Å². The van der Waals surface area contributed by atoms with Gasteiger partial charge in [-0.05, 0) is 36.8 Å². The Balaban J connectivity index is 1.95. The molecule has 0 unspecified atom stereocenters. The van der Waals surface area contributed by atoms with E-state index in [9.17, 15) is 19.7 Å². The molecule has 1 amide bonds. The fourth-order valence-corrected chi connectivity index (χ4v) is 2.14. The summed E-state index contributed by atoms with van der Waals surface area (Å²) in [6, 6.07) is 10.0. The highest BCUT2D eigenvalue weighted by molar-refractivity contribution is 6.30. The van der Waals surface area contributed by atoms with Crippen molar-refractivity contribution in [1.29, 1.82) is 0 Å². The Morgan fingerprint density at radius 2 is 2.00 bits per heavy atom. The van der Waals surface area contributed by atoms with Gasteiger partial charge in [-0.1, -0.05) is 17.7 Å². The summed E-state index contributed by atoms with van der Waals surface area (Å²) in [4.78, 5) is 33.7. The number of nitro groups is 1. The number of nitrogens with zero attached hydrogens (tertiary/aromatic N) is 1. The molecule has 0 bridgehead atoms. The molecule has 7 nitrogen and oxygen atoms in total. The molecule has 2 rings (SSSR count). The van der Waals surface area contributed by atoms with Gasteiger partial charge in [0.15, 0.2) is 6.61 Å². The van der Waals surface area contributed by atoms with E-state index in [2.05, 4.69) is 5.32 Å². The highest BCUT2D eigenvalue weighted by atomic mass is 35.5. The van der Waals surface area contributed by atoms with Crippen LogP contribution in [0.4, 0.5) is 11.4 Å². The van der Waals surface area contributed by atoms with Gasteiger partial charge in [0.25, 0.3) is 11.6 Å². The molecule has 0 atom stereocenters. The first-order valence-corrected chi connectivity index (χ1v) is 7.22. The summed E-state index contributed by atoms with van der Waals surface area (Å²) in [6.07, 6.45) is 0. The number of halogens is 1. The Morgan fingerprint density at radius 3 is 2.67 bits per heavy atom. The molecule has 124 valence electrons. The Morgan fingerprint density at radius 1 is 1.25 bits per heavy atom. The topological polar surface area (TPSA) is 98.5 Å². The van der Waals surface area contributed by atoms with Crippen LogP contribution in [0.1, 0.15) is 15.9 Å². The molecule has 2 aromatic rings. The van der Waals surface area contributed by atoms with E-state index in [-0.39, 0.29) is 11.3 Å². The molecule has 24 heavy (non-hydrogen) atoms. The molecule has 0 saturated heterocycles. The number of hydrogen-bond acceptors (Lipinski definition) is 5. The zero-order valence-corrected chi connectivity index (χ0v) is 13.4. The second-order valence-corrected chi connectivity index (χ2v) is 5.33. The van der Waals surface area contributed by atoms with Crippen LogP contribution in [0.15, 0.2) is 42.5 Å². The maximum absolute atomic E-state index is 11.8. The van der Waals surface area contributed by atoms with E-state index in [4.69, 9.17) is 16.3 Å². The van der Waals surface area contributed by atoms with Crippen molar-refractivity contribution in [2.75, 3.05) is 11.9 Å². The van der Waals surface area contributed by atoms with Gasteiger partial charge in [0.1, 0.15) is 0 Å². The number of anilines is 1. The van der Waals surface area contributed by atoms with Crippen molar-refractivity contribution in [3.05, 3.63) is 68.7 Å². The molecule has 0 aliphatic rings. The third kappa shape index (κ3) is 4.53. The summed E-state index contributed by atoms with van der Waals surface area (Å²) >= 11 is 5.83. The molecule has 0 radical (unpaired) electrons. The number of nitrogens with one attached hydrogen (secondary N) is 1. The number of rotatable bonds is 5. The number of non-ortho nitro benzene ring substituents is 1. The lowest BCUT2D eigenvalue weighted by atomic mass is 10.2. The van der Waals surface area contributed by atoms with E-state index in [1.807, 2.05) is 0 Å². The summed E-state index contributed by atoms with van der Waals surface area (Å²) in [5, 5.41) is 13.8. The standard InChI is InChI=1S/C16H13ClN2O5/c1-10-7-12(17)5-6-14(10)18-15(20)9-24-16(21)11-3-2-4-13(8-11)19(22)23/h2-8H,9H2,1H3,(H,18,20). The lowest BCUT2D eigenvalue weighted by Crippen LogP contribution is -2.21. The molecule has 0 aromatic heterocycles. The minimum Gasteiger partial charge on any atom is -0.452 e. The predicted octanol–water partition coefficient (Wildman–Crippen LogP) is 3.35. The van der Waals surface area contributed by atoms with E-state index in [1.165, 1.54) is 18.2 Å². The maximum atomic E-state index is 11.8. The summed E-state index contributed by atoms with van der Waals surface area (Å²) in [6.45, 7) is 1.26. The maximum Gasteiger partial charge on any atom is 0.338 e. The van der Waals surface area contributed by atoms with E-state index < -0.39 is 23.4 Å². The highest BCUT2D eigenvalue weighted by Gasteiger charge is 2.14. The molecule has 0 heterocycles. The van der Waals surface area contributed by atoms with Gasteiger partial charge in [0, 0.05) is 22.8 Å². The number of carbonyl (C=O) groups excluding carboxylic acids is 2. The van der Waals surface area contributed by atoms with Crippen LogP contribution in [0.25, 0.3) is 0 Å². The smallest absolute Gasteiger partial charge is 0.338 e. The number of carbonyl (C=O) groups is 2. The molecule has 8 heteroatoms. The third-order valence-corrected chi connectivity index (χ3v) is 3.32. The fourth-order valence-electron chi connectivity index (χ4n) is 1.91. The van der Waals surface area contributed by atoms with Gasteiger partial charge in [-0.25, -0.2) is 4.79 Å². The molecule has 1 N–H and O–H groups in total. The van der Waals surface area contributed by atoms with Gasteiger partial charge in [0.05, 0.1) is 10.5 Å². The lowest BCUT2D eigenvalue weighted by molar-refractivity contribution is -0.384. The van der Waals surface area contributed by atoms with Gasteiger partial charge in [-0.2, -0.15) is 0 Å². The molecule has 2 aromatic carbocycles. The predicted molar refractivity (Wildman–Crippen MR) is 88.2 cm³/mol. The first kappa shape index (κ1) is 17.4. The van der Waals surface area contributed by atoms with Gasteiger partial charge >= 0.3 is 5.97 Å². The SMILES string of the molecule is Cc1cc(Cl)ccc1NC(=O)COC(=O)c1cccc([N+](=O)[O-])c1. The largest absolute Gasteiger partial charge is 0.452 e. The van der Waals surface area contributed by atoms with E-state index in [0.717, 1.165) is 11.6 Å². The van der Waals surface area contributed by atoms with Crippen LogP contribution in [0.3, 0.4) is 0 Å². The molecular weight excluding hydrogens is 336 g/mol. The number of amides is 1. The first-order valence-electron chi connectivity index (χ1n) is 6.84. The quantitative estimate of drug-likeness (QED) is 0.507. The number of esters is 1. The number of hydrogen-bond donors (Lipinski definition) is 1. The average molecular weight is 349 g/mol. The molecule has 0 fully saturated rings. The first-order chi connectivity index (χ1) is 11.4. The number of aryl methyl sites for hydroxylation is 1. The molecule has 0 saturated carbocycles. The third-order valence-electron chi connectivity index (χ3n) is 3.09. The second-order valence-electron chi connectivity index (χ2n) is 4.89. The normalized spacial score (nSPS) is 10.1. The molecule has 0 spiro atoms. The minimum absolute atomic E-state index is 0.000302. The lowest BCUT2D eigenvalue weighted by Gasteiger charge is -2.09. The van der Waals surface area contributed by atoms with Gasteiger partial charge in [0.2, 0.25) is 0 Å². The van der Waals surface area contributed by atoms with Crippen molar-refractivity contribution in [3.63, 3.8) is 0 Å². The van der Waals surface area contributed by atoms with E-state index in [1.54, 1.807) is 25.1 Å². The summed E-state index contributed by atoms with van der Waals surface area (Å²) in [7, 11) is 0. The van der Waals surface area contributed by atoms with Crippen molar-refractivity contribution >= 4 is 34.9 Å². The van der Waals surface area contributed by atoms with Crippen molar-refractivity contribution < 1.29 is 19.2 Å². The zero-order chi connectivity index (χ0) is 17.7. The van der Waals surface area contributed by atoms with E-state index in [0.29, 0.717) is 10.7 Å². The van der Waals surface area contributed by atoms with Crippen LogP contribution in [0.5, 0.6) is 0 Å². The highest BCUT2D eigenvalue weighted by Crippen LogP contribution is 2.19. The van der Waals surface area contributed by atoms with Crippen LogP contribution in [-0.2, 0) is 9.53 Å². The van der Waals surface area contributed by atoms with Gasteiger partial charge in [-0.3, -0.25) is 14.9 Å². The fraction of sp³-hybridized carbons (Fsp3) is 0.125. The summed E-state index contributed by atoms with van der Waals surface area (Å²) in [5.74, 6) is -1.35. The van der Waals surface area contributed by atoms with Crippen molar-refractivity contribution in [1.82, 2.24) is 0 Å². The average Bonchev–Trinajstić information content (AvgIpc) is 2.55. The van der Waals surface area contributed by atoms with Crippen LogP contribution < -0.4 is 5.32 Å². The van der Waals surface area contributed by atoms with Gasteiger partial charge in [-0.15, -0.1) is 0 Å².